The first-order valence-electron chi connectivity index (χ1n) is 6.36. The smallest absolute Gasteiger partial charge is 0.330 e. The molecule has 0 saturated carbocycles. The Morgan fingerprint density at radius 3 is 2.18 bits per heavy atom. The van der Waals surface area contributed by atoms with Crippen LogP contribution in [0, 0.1) is 0 Å². The summed E-state index contributed by atoms with van der Waals surface area (Å²) in [5, 5.41) is 22.1. The standard InChI is InChI=1S/C12H20N3O6P/c1-6(13)10(18)15-8(5-9(16)17)11(19)14-7(12(20)21)3-2-4-22/h2-3,6-8H,4-5,13,22H2,1H3,(H,14,19)(H,15,18)(H,16,17)(H,20,21)/b3-2+. The van der Waals surface area contributed by atoms with Crippen LogP contribution in [0.4, 0.5) is 0 Å². The van der Waals surface area contributed by atoms with Crippen LogP contribution >= 0.6 is 9.24 Å². The summed E-state index contributed by atoms with van der Waals surface area (Å²) >= 11 is 0. The summed E-state index contributed by atoms with van der Waals surface area (Å²) in [6.07, 6.45) is 2.55. The summed E-state index contributed by atoms with van der Waals surface area (Å²) in [5.74, 6) is -4.26. The number of hydrogen-bond donors (Lipinski definition) is 5. The predicted molar refractivity (Wildman–Crippen MR) is 81.1 cm³/mol. The first kappa shape index (κ1) is 20.0. The van der Waals surface area contributed by atoms with Gasteiger partial charge in [0.2, 0.25) is 11.8 Å². The van der Waals surface area contributed by atoms with E-state index < -0.39 is 48.3 Å². The second-order valence-corrected chi connectivity index (χ2v) is 4.91. The summed E-state index contributed by atoms with van der Waals surface area (Å²) in [6, 6.07) is -3.67. The number of allylic oxidation sites excluding steroid dienone is 1. The second-order valence-electron chi connectivity index (χ2n) is 4.44. The molecule has 9 nitrogen and oxygen atoms in total. The van der Waals surface area contributed by atoms with E-state index in [-0.39, 0.29) is 0 Å². The number of nitrogens with two attached hydrogens (primary N) is 1. The highest BCUT2D eigenvalue weighted by Crippen LogP contribution is 1.98. The van der Waals surface area contributed by atoms with Crippen molar-refractivity contribution in [2.75, 3.05) is 6.16 Å². The van der Waals surface area contributed by atoms with E-state index in [1.165, 1.54) is 19.1 Å². The van der Waals surface area contributed by atoms with Crippen LogP contribution in [-0.2, 0) is 19.2 Å². The van der Waals surface area contributed by atoms with Gasteiger partial charge in [-0.25, -0.2) is 4.79 Å². The van der Waals surface area contributed by atoms with Crippen LogP contribution in [0.25, 0.3) is 0 Å². The van der Waals surface area contributed by atoms with Gasteiger partial charge in [0.1, 0.15) is 12.1 Å². The number of carboxylic acids is 2. The molecule has 0 rings (SSSR count). The van der Waals surface area contributed by atoms with Crippen LogP contribution < -0.4 is 16.4 Å². The topological polar surface area (TPSA) is 159 Å². The van der Waals surface area contributed by atoms with E-state index >= 15 is 0 Å². The molecule has 0 spiro atoms. The third-order valence-electron chi connectivity index (χ3n) is 2.45. The molecule has 124 valence electrons. The number of hydrogen-bond acceptors (Lipinski definition) is 5. The maximum atomic E-state index is 12.0. The van der Waals surface area contributed by atoms with Crippen molar-refractivity contribution in [2.24, 2.45) is 5.73 Å². The molecule has 0 radical (unpaired) electrons. The van der Waals surface area contributed by atoms with Crippen LogP contribution in [-0.4, -0.2) is 58.3 Å². The number of rotatable bonds is 9. The lowest BCUT2D eigenvalue weighted by atomic mass is 10.1. The molecule has 0 aromatic carbocycles. The van der Waals surface area contributed by atoms with E-state index in [9.17, 15) is 19.2 Å². The lowest BCUT2D eigenvalue weighted by Crippen LogP contribution is -2.54. The van der Waals surface area contributed by atoms with Gasteiger partial charge in [0.25, 0.3) is 0 Å². The van der Waals surface area contributed by atoms with Gasteiger partial charge in [-0.2, -0.15) is 0 Å². The minimum absolute atomic E-state index is 0.486. The van der Waals surface area contributed by atoms with Crippen LogP contribution in [0.5, 0.6) is 0 Å². The van der Waals surface area contributed by atoms with Gasteiger partial charge < -0.3 is 26.6 Å². The summed E-state index contributed by atoms with van der Waals surface area (Å²) in [6.45, 7) is 1.37. The molecule has 0 aliphatic heterocycles. The summed E-state index contributed by atoms with van der Waals surface area (Å²) in [4.78, 5) is 45.3. The van der Waals surface area contributed by atoms with E-state index in [2.05, 4.69) is 19.9 Å². The molecule has 10 heteroatoms. The fourth-order valence-electron chi connectivity index (χ4n) is 1.35. The summed E-state index contributed by atoms with van der Waals surface area (Å²) < 4.78 is 0. The zero-order valence-corrected chi connectivity index (χ0v) is 13.1. The maximum absolute atomic E-state index is 12.0. The van der Waals surface area contributed by atoms with Crippen molar-refractivity contribution in [3.8, 4) is 0 Å². The van der Waals surface area contributed by atoms with Crippen LogP contribution in [0.1, 0.15) is 13.3 Å². The highest BCUT2D eigenvalue weighted by molar-refractivity contribution is 7.16. The molecule has 0 aliphatic rings. The highest BCUT2D eigenvalue weighted by Gasteiger charge is 2.27. The molecule has 2 amide bonds. The van der Waals surface area contributed by atoms with Crippen LogP contribution in [0.2, 0.25) is 0 Å². The molecule has 6 N–H and O–H groups in total. The zero-order valence-electron chi connectivity index (χ0n) is 12.0. The Balaban J connectivity index is 5.00. The fourth-order valence-corrected chi connectivity index (χ4v) is 1.50. The quantitative estimate of drug-likeness (QED) is 0.248. The van der Waals surface area contributed by atoms with Crippen molar-refractivity contribution in [1.82, 2.24) is 10.6 Å². The zero-order chi connectivity index (χ0) is 17.3. The van der Waals surface area contributed by atoms with E-state index in [0.717, 1.165) is 0 Å². The molecule has 0 fully saturated rings. The molecule has 0 bridgehead atoms. The van der Waals surface area contributed by atoms with Crippen molar-refractivity contribution < 1.29 is 29.4 Å². The number of carbonyl (C=O) groups excluding carboxylic acids is 2. The molecule has 4 atom stereocenters. The van der Waals surface area contributed by atoms with Gasteiger partial charge in [-0.1, -0.05) is 12.2 Å². The Bertz CT molecular complexity index is 466. The first-order valence-corrected chi connectivity index (χ1v) is 7.18. The van der Waals surface area contributed by atoms with Gasteiger partial charge in [0, 0.05) is 0 Å². The molecule has 0 aromatic rings. The largest absolute Gasteiger partial charge is 0.481 e. The van der Waals surface area contributed by atoms with Crippen molar-refractivity contribution in [3.63, 3.8) is 0 Å². The summed E-state index contributed by atoms with van der Waals surface area (Å²) in [7, 11) is 2.35. The maximum Gasteiger partial charge on any atom is 0.330 e. The third-order valence-corrected chi connectivity index (χ3v) is 2.73. The molecular formula is C12H20N3O6P. The summed E-state index contributed by atoms with van der Waals surface area (Å²) in [5.41, 5.74) is 5.33. The first-order chi connectivity index (χ1) is 10.2. The Labute approximate surface area is 129 Å². The molecule has 22 heavy (non-hydrogen) atoms. The molecule has 4 unspecified atom stereocenters. The average molecular weight is 333 g/mol. The number of amides is 2. The Morgan fingerprint density at radius 2 is 1.77 bits per heavy atom. The van der Waals surface area contributed by atoms with Crippen LogP contribution in [0.15, 0.2) is 12.2 Å². The molecule has 0 heterocycles. The van der Waals surface area contributed by atoms with Gasteiger partial charge in [-0.05, 0) is 13.1 Å². The Kier molecular flexibility index (Phi) is 8.97. The van der Waals surface area contributed by atoms with E-state index in [1.54, 1.807) is 0 Å². The van der Waals surface area contributed by atoms with Crippen molar-refractivity contribution in [1.29, 1.82) is 0 Å². The SMILES string of the molecule is CC(N)C(=O)NC(CC(=O)O)C(=O)NC(/C=C/CP)C(=O)O. The van der Waals surface area contributed by atoms with Crippen molar-refractivity contribution in [3.05, 3.63) is 12.2 Å². The number of aliphatic carboxylic acids is 2. The van der Waals surface area contributed by atoms with E-state index in [0.29, 0.717) is 6.16 Å². The number of carboxylic acid groups (broad SMARTS) is 2. The van der Waals surface area contributed by atoms with Gasteiger partial charge >= 0.3 is 11.9 Å². The second kappa shape index (κ2) is 9.86. The monoisotopic (exact) mass is 333 g/mol. The van der Waals surface area contributed by atoms with Crippen molar-refractivity contribution in [2.45, 2.75) is 31.5 Å². The minimum atomic E-state index is -1.41. The average Bonchev–Trinajstić information content (AvgIpc) is 2.41. The Hall–Kier alpha value is -1.99. The Morgan fingerprint density at radius 1 is 1.18 bits per heavy atom. The molecule has 0 saturated heterocycles. The normalized spacial score (nSPS) is 14.9. The van der Waals surface area contributed by atoms with E-state index in [4.69, 9.17) is 15.9 Å². The lowest BCUT2D eigenvalue weighted by molar-refractivity contribution is -0.142. The lowest BCUT2D eigenvalue weighted by Gasteiger charge is -2.19. The number of carbonyl (C=O) groups is 4. The van der Waals surface area contributed by atoms with Gasteiger partial charge in [-0.15, -0.1) is 9.24 Å². The molecular weight excluding hydrogens is 313 g/mol. The minimum Gasteiger partial charge on any atom is -0.481 e. The predicted octanol–water partition coefficient (Wildman–Crippen LogP) is -1.71. The number of nitrogens with one attached hydrogen (secondary N) is 2. The fraction of sp³-hybridized carbons (Fsp3) is 0.500. The highest BCUT2D eigenvalue weighted by atomic mass is 31.0. The van der Waals surface area contributed by atoms with Gasteiger partial charge in [0.05, 0.1) is 12.5 Å². The molecule has 0 aliphatic carbocycles. The van der Waals surface area contributed by atoms with E-state index in [1.807, 2.05) is 0 Å². The third kappa shape index (κ3) is 7.70. The van der Waals surface area contributed by atoms with Crippen molar-refractivity contribution >= 4 is 33.0 Å². The van der Waals surface area contributed by atoms with Gasteiger partial charge in [-0.3, -0.25) is 14.4 Å². The molecule has 0 aromatic heterocycles. The van der Waals surface area contributed by atoms with Crippen LogP contribution in [0.3, 0.4) is 0 Å². The van der Waals surface area contributed by atoms with Gasteiger partial charge in [0.15, 0.2) is 0 Å².